The van der Waals surface area contributed by atoms with Crippen molar-refractivity contribution in [3.63, 3.8) is 0 Å². The van der Waals surface area contributed by atoms with Crippen LogP contribution < -0.4 is 9.64 Å². The number of carbonyl (C=O) groups is 2. The summed E-state index contributed by atoms with van der Waals surface area (Å²) < 4.78 is 5.80. The fourth-order valence-electron chi connectivity index (χ4n) is 3.40. The van der Waals surface area contributed by atoms with Crippen LogP contribution in [0.3, 0.4) is 0 Å². The van der Waals surface area contributed by atoms with E-state index < -0.39 is 0 Å². The van der Waals surface area contributed by atoms with Crippen LogP contribution in [-0.4, -0.2) is 36.3 Å². The van der Waals surface area contributed by atoms with Crippen LogP contribution in [-0.2, 0) is 16.2 Å². The second kappa shape index (κ2) is 9.93. The molecule has 0 spiro atoms. The Morgan fingerprint density at radius 2 is 1.57 bits per heavy atom. The van der Waals surface area contributed by atoms with Gasteiger partial charge in [0.15, 0.2) is 0 Å². The van der Waals surface area contributed by atoms with Gasteiger partial charge in [0.05, 0.1) is 0 Å². The first-order valence-corrected chi connectivity index (χ1v) is 9.96. The first kappa shape index (κ1) is 19.9. The quantitative estimate of drug-likeness (QED) is 0.760. The molecule has 0 N–H and O–H groups in total. The molecule has 5 nitrogen and oxygen atoms in total. The molecule has 0 atom stereocenters. The van der Waals surface area contributed by atoms with Crippen molar-refractivity contribution in [1.29, 1.82) is 0 Å². The monoisotopic (exact) mass is 380 g/mol. The Morgan fingerprint density at radius 3 is 2.18 bits per heavy atom. The number of rotatable bonds is 6. The Bertz CT molecular complexity index is 766. The molecule has 0 unspecified atom stereocenters. The summed E-state index contributed by atoms with van der Waals surface area (Å²) in [7, 11) is 0. The van der Waals surface area contributed by atoms with Crippen molar-refractivity contribution in [2.24, 2.45) is 0 Å². The molecule has 0 aromatic heterocycles. The third-order valence-corrected chi connectivity index (χ3v) is 5.03. The van der Waals surface area contributed by atoms with E-state index >= 15 is 0 Å². The molecule has 1 heterocycles. The fraction of sp³-hybridized carbons (Fsp3) is 0.391. The molecule has 0 bridgehead atoms. The maximum atomic E-state index is 12.7. The van der Waals surface area contributed by atoms with Crippen molar-refractivity contribution in [2.45, 2.75) is 39.2 Å². The number of benzene rings is 2. The molecule has 3 rings (SSSR count). The van der Waals surface area contributed by atoms with Gasteiger partial charge in [0.25, 0.3) is 0 Å². The zero-order valence-corrected chi connectivity index (χ0v) is 16.5. The molecule has 2 aromatic carbocycles. The largest absolute Gasteiger partial charge is 0.489 e. The fourth-order valence-corrected chi connectivity index (χ4v) is 3.40. The number of nitrogens with zero attached hydrogens (tertiary/aromatic N) is 2. The van der Waals surface area contributed by atoms with Crippen LogP contribution in [0.2, 0.25) is 0 Å². The average molecular weight is 380 g/mol. The molecule has 2 amide bonds. The number of hydrogen-bond acceptors (Lipinski definition) is 3. The van der Waals surface area contributed by atoms with Crippen LogP contribution in [0, 0.1) is 0 Å². The summed E-state index contributed by atoms with van der Waals surface area (Å²) >= 11 is 0. The van der Waals surface area contributed by atoms with Crippen molar-refractivity contribution in [1.82, 2.24) is 4.90 Å². The van der Waals surface area contributed by atoms with Gasteiger partial charge in [0, 0.05) is 25.7 Å². The van der Waals surface area contributed by atoms with Crippen molar-refractivity contribution >= 4 is 17.5 Å². The molecular weight excluding hydrogens is 352 g/mol. The zero-order valence-electron chi connectivity index (χ0n) is 16.5. The van der Waals surface area contributed by atoms with E-state index in [4.69, 9.17) is 4.74 Å². The van der Waals surface area contributed by atoms with Gasteiger partial charge < -0.3 is 14.5 Å². The van der Waals surface area contributed by atoms with Crippen molar-refractivity contribution < 1.29 is 14.3 Å². The Labute approximate surface area is 166 Å². The first-order valence-electron chi connectivity index (χ1n) is 9.96. The van der Waals surface area contributed by atoms with Gasteiger partial charge >= 0.3 is 0 Å². The SMILES string of the molecule is CC(=O)N(CC(=O)N1CCCCCC1)c1ccc(OCc2ccccc2)cc1. The lowest BCUT2D eigenvalue weighted by Gasteiger charge is -2.26. The standard InChI is InChI=1S/C23H28N2O3/c1-19(26)25(17-23(27)24-15-7-2-3-8-16-24)21-11-13-22(14-12-21)28-18-20-9-5-4-6-10-20/h4-6,9-14H,2-3,7-8,15-18H2,1H3. The number of amides is 2. The third-order valence-electron chi connectivity index (χ3n) is 5.03. The van der Waals surface area contributed by atoms with E-state index in [2.05, 4.69) is 0 Å². The van der Waals surface area contributed by atoms with Gasteiger partial charge in [-0.2, -0.15) is 0 Å². The van der Waals surface area contributed by atoms with E-state index in [-0.39, 0.29) is 18.4 Å². The van der Waals surface area contributed by atoms with Crippen molar-refractivity contribution in [2.75, 3.05) is 24.5 Å². The number of likely N-dealkylation sites (tertiary alicyclic amines) is 1. The Balaban J connectivity index is 1.61. The molecule has 28 heavy (non-hydrogen) atoms. The lowest BCUT2D eigenvalue weighted by atomic mass is 10.2. The lowest BCUT2D eigenvalue weighted by Crippen LogP contribution is -2.42. The van der Waals surface area contributed by atoms with Gasteiger partial charge in [-0.25, -0.2) is 0 Å². The lowest BCUT2D eigenvalue weighted by molar-refractivity contribution is -0.131. The van der Waals surface area contributed by atoms with E-state index in [1.54, 1.807) is 0 Å². The van der Waals surface area contributed by atoms with E-state index in [1.807, 2.05) is 59.5 Å². The van der Waals surface area contributed by atoms with Gasteiger partial charge in [-0.05, 0) is 42.7 Å². The average Bonchev–Trinajstić information content (AvgIpc) is 3.01. The smallest absolute Gasteiger partial charge is 0.242 e. The maximum absolute atomic E-state index is 12.7. The molecule has 0 saturated carbocycles. The van der Waals surface area contributed by atoms with Crippen LogP contribution in [0.1, 0.15) is 38.2 Å². The molecule has 2 aromatic rings. The molecule has 148 valence electrons. The van der Waals surface area contributed by atoms with Gasteiger partial charge in [0.1, 0.15) is 18.9 Å². The second-order valence-corrected chi connectivity index (χ2v) is 7.17. The van der Waals surface area contributed by atoms with Crippen molar-refractivity contribution in [3.05, 3.63) is 60.2 Å². The van der Waals surface area contributed by atoms with E-state index in [0.29, 0.717) is 12.3 Å². The molecule has 1 saturated heterocycles. The maximum Gasteiger partial charge on any atom is 0.242 e. The Morgan fingerprint density at radius 1 is 0.929 bits per heavy atom. The minimum Gasteiger partial charge on any atom is -0.489 e. The van der Waals surface area contributed by atoms with Crippen molar-refractivity contribution in [3.8, 4) is 5.75 Å². The van der Waals surface area contributed by atoms with Crippen LogP contribution in [0.15, 0.2) is 54.6 Å². The number of ether oxygens (including phenoxy) is 1. The summed E-state index contributed by atoms with van der Waals surface area (Å²) in [6, 6.07) is 17.3. The third kappa shape index (κ3) is 5.59. The molecular formula is C23H28N2O3. The second-order valence-electron chi connectivity index (χ2n) is 7.17. The van der Waals surface area contributed by atoms with Gasteiger partial charge in [-0.15, -0.1) is 0 Å². The zero-order chi connectivity index (χ0) is 19.8. The number of carbonyl (C=O) groups excluding carboxylic acids is 2. The highest BCUT2D eigenvalue weighted by Crippen LogP contribution is 2.21. The summed E-state index contributed by atoms with van der Waals surface area (Å²) in [5.41, 5.74) is 1.81. The summed E-state index contributed by atoms with van der Waals surface area (Å²) in [5, 5.41) is 0. The molecule has 0 radical (unpaired) electrons. The predicted octanol–water partition coefficient (Wildman–Crippen LogP) is 4.02. The van der Waals surface area contributed by atoms with E-state index in [0.717, 1.165) is 37.2 Å². The number of anilines is 1. The summed E-state index contributed by atoms with van der Waals surface area (Å²) in [5.74, 6) is 0.609. The van der Waals surface area contributed by atoms with E-state index in [1.165, 1.54) is 24.7 Å². The summed E-state index contributed by atoms with van der Waals surface area (Å²) in [6.07, 6.45) is 4.42. The van der Waals surface area contributed by atoms with Gasteiger partial charge in [0.2, 0.25) is 11.8 Å². The van der Waals surface area contributed by atoms with Crippen LogP contribution in [0.5, 0.6) is 5.75 Å². The summed E-state index contributed by atoms with van der Waals surface area (Å²) in [6.45, 7) is 3.65. The van der Waals surface area contributed by atoms with Gasteiger partial charge in [-0.3, -0.25) is 9.59 Å². The molecule has 1 aliphatic heterocycles. The minimum absolute atomic E-state index is 0.0153. The topological polar surface area (TPSA) is 49.9 Å². The normalized spacial score (nSPS) is 14.2. The Hall–Kier alpha value is -2.82. The highest BCUT2D eigenvalue weighted by molar-refractivity contribution is 5.97. The molecule has 1 fully saturated rings. The number of hydrogen-bond donors (Lipinski definition) is 0. The minimum atomic E-state index is -0.138. The van der Waals surface area contributed by atoms with Crippen LogP contribution in [0.25, 0.3) is 0 Å². The van der Waals surface area contributed by atoms with Gasteiger partial charge in [-0.1, -0.05) is 43.2 Å². The van der Waals surface area contributed by atoms with E-state index in [9.17, 15) is 9.59 Å². The first-order chi connectivity index (χ1) is 13.6. The van der Waals surface area contributed by atoms with Crippen LogP contribution in [0.4, 0.5) is 5.69 Å². The highest BCUT2D eigenvalue weighted by atomic mass is 16.5. The predicted molar refractivity (Wildman–Crippen MR) is 110 cm³/mol. The van der Waals surface area contributed by atoms with Crippen LogP contribution >= 0.6 is 0 Å². The summed E-state index contributed by atoms with van der Waals surface area (Å²) in [4.78, 5) is 28.2. The Kier molecular flexibility index (Phi) is 7.06. The highest BCUT2D eigenvalue weighted by Gasteiger charge is 2.21. The molecule has 5 heteroatoms. The molecule has 0 aliphatic carbocycles. The molecule has 1 aliphatic rings.